The Morgan fingerprint density at radius 3 is 1.39 bits per heavy atom. The van der Waals surface area contributed by atoms with Gasteiger partial charge in [-0.3, -0.25) is 19.4 Å². The van der Waals surface area contributed by atoms with Crippen molar-refractivity contribution in [3.8, 4) is 56.2 Å². The summed E-state index contributed by atoms with van der Waals surface area (Å²) in [7, 11) is 0. The van der Waals surface area contributed by atoms with E-state index < -0.39 is 34.9 Å². The molecule has 0 saturated carbocycles. The number of imidazole rings is 2. The number of nitrogens with zero attached hydrogens (tertiary/aromatic N) is 6. The molecule has 10 nitrogen and oxygen atoms in total. The molecule has 2 aromatic heterocycles. The summed E-state index contributed by atoms with van der Waals surface area (Å²) in [6, 6.07) is 31.5. The van der Waals surface area contributed by atoms with Gasteiger partial charge in [-0.1, -0.05) is 30.3 Å². The Labute approximate surface area is 398 Å². The average Bonchev–Trinajstić information content (AvgIpc) is 3.99. The second-order valence-corrected chi connectivity index (χ2v) is 17.4. The molecule has 0 aliphatic carbocycles. The van der Waals surface area contributed by atoms with Gasteiger partial charge in [0.05, 0.1) is 35.9 Å². The molecule has 2 aliphatic rings. The van der Waals surface area contributed by atoms with E-state index in [1.54, 1.807) is 52.3 Å². The summed E-state index contributed by atoms with van der Waals surface area (Å²) in [6.07, 6.45) is 0. The first-order chi connectivity index (χ1) is 33.9. The Morgan fingerprint density at radius 2 is 0.829 bits per heavy atom. The molecule has 2 saturated heterocycles. The maximum atomic E-state index is 15.9. The predicted molar refractivity (Wildman–Crippen MR) is 253 cm³/mol. The van der Waals surface area contributed by atoms with Gasteiger partial charge in [0, 0.05) is 85.7 Å². The number of piperazine rings is 2. The fraction of sp³-hybridized carbons (Fsp3) is 0.185. The largest absolute Gasteiger partial charge is 0.340 e. The summed E-state index contributed by atoms with van der Waals surface area (Å²) in [6.45, 7) is 4.33. The van der Waals surface area contributed by atoms with Crippen molar-refractivity contribution in [3.05, 3.63) is 191 Å². The van der Waals surface area contributed by atoms with Crippen molar-refractivity contribution in [2.24, 2.45) is 0 Å². The topological polar surface area (TPSA) is 104 Å². The number of rotatable bonds is 11. The summed E-state index contributed by atoms with van der Waals surface area (Å²) in [4.78, 5) is 50.3. The van der Waals surface area contributed by atoms with Crippen LogP contribution in [0.25, 0.3) is 56.2 Å². The van der Waals surface area contributed by atoms with E-state index in [1.807, 2.05) is 0 Å². The van der Waals surface area contributed by atoms with Gasteiger partial charge < -0.3 is 19.8 Å². The zero-order valence-corrected chi connectivity index (χ0v) is 37.5. The number of carbonyl (C=O) groups is 2. The third-order valence-corrected chi connectivity index (χ3v) is 12.6. The number of benzene rings is 6. The van der Waals surface area contributed by atoms with E-state index in [4.69, 9.17) is 9.97 Å². The molecule has 2 aliphatic heterocycles. The summed E-state index contributed by atoms with van der Waals surface area (Å²) in [5, 5.41) is 0. The number of hydrogen-bond donors (Lipinski definition) is 2. The number of hydrogen-bond acceptors (Lipinski definition) is 6. The highest BCUT2D eigenvalue weighted by molar-refractivity contribution is 5.95. The maximum Gasteiger partial charge on any atom is 0.254 e. The summed E-state index contributed by atoms with van der Waals surface area (Å²) in [5.74, 6) is -2.55. The van der Waals surface area contributed by atoms with Crippen LogP contribution < -0.4 is 0 Å². The van der Waals surface area contributed by atoms with Crippen LogP contribution in [0.15, 0.2) is 133 Å². The molecule has 8 aromatic rings. The quantitative estimate of drug-likeness (QED) is 0.125. The molecule has 70 heavy (non-hydrogen) atoms. The van der Waals surface area contributed by atoms with Crippen LogP contribution in [-0.2, 0) is 13.1 Å². The molecule has 0 spiro atoms. The highest BCUT2D eigenvalue weighted by atomic mass is 19.1. The number of aromatic nitrogens is 4. The van der Waals surface area contributed by atoms with Gasteiger partial charge in [0.2, 0.25) is 0 Å². The molecule has 16 heteroatoms. The maximum absolute atomic E-state index is 15.9. The molecule has 354 valence electrons. The van der Waals surface area contributed by atoms with Crippen LogP contribution in [0, 0.1) is 34.9 Å². The molecule has 10 rings (SSSR count). The molecule has 6 aromatic carbocycles. The minimum Gasteiger partial charge on any atom is -0.340 e. The number of aromatic amines is 2. The summed E-state index contributed by atoms with van der Waals surface area (Å²) >= 11 is 0. The molecule has 0 unspecified atom stereocenters. The van der Waals surface area contributed by atoms with Gasteiger partial charge in [0.25, 0.3) is 11.8 Å². The Hall–Kier alpha value is -7.82. The van der Waals surface area contributed by atoms with E-state index in [-0.39, 0.29) is 17.4 Å². The molecular weight excluding hydrogens is 907 g/mol. The van der Waals surface area contributed by atoms with Gasteiger partial charge in [0.1, 0.15) is 46.6 Å². The van der Waals surface area contributed by atoms with Crippen LogP contribution in [-0.4, -0.2) is 104 Å². The lowest BCUT2D eigenvalue weighted by Crippen LogP contribution is -2.48. The monoisotopic (exact) mass is 950 g/mol. The van der Waals surface area contributed by atoms with E-state index in [9.17, 15) is 27.2 Å². The van der Waals surface area contributed by atoms with Crippen LogP contribution in [0.3, 0.4) is 0 Å². The zero-order valence-electron chi connectivity index (χ0n) is 37.5. The molecule has 2 N–H and O–H groups in total. The normalized spacial score (nSPS) is 14.6. The van der Waals surface area contributed by atoms with E-state index in [1.165, 1.54) is 91.0 Å². The lowest BCUT2D eigenvalue weighted by molar-refractivity contribution is 0.0619. The van der Waals surface area contributed by atoms with Crippen molar-refractivity contribution in [1.29, 1.82) is 0 Å². The molecule has 0 atom stereocenters. The minimum absolute atomic E-state index is 0.191. The Balaban J connectivity index is 0.926. The summed E-state index contributed by atoms with van der Waals surface area (Å²) < 4.78 is 88.6. The predicted octanol–water partition coefficient (Wildman–Crippen LogP) is 10.2. The molecular formula is C54H44F6N8O2. The van der Waals surface area contributed by atoms with E-state index in [0.717, 1.165) is 0 Å². The van der Waals surface area contributed by atoms with Gasteiger partial charge >= 0.3 is 0 Å². The van der Waals surface area contributed by atoms with Gasteiger partial charge in [-0.2, -0.15) is 0 Å². The van der Waals surface area contributed by atoms with Gasteiger partial charge in [-0.05, 0) is 114 Å². The van der Waals surface area contributed by atoms with Crippen LogP contribution in [0.4, 0.5) is 26.3 Å². The van der Waals surface area contributed by atoms with E-state index in [2.05, 4.69) is 19.8 Å². The highest BCUT2D eigenvalue weighted by Gasteiger charge is 2.27. The molecule has 2 fully saturated rings. The highest BCUT2D eigenvalue weighted by Crippen LogP contribution is 2.38. The summed E-state index contributed by atoms with van der Waals surface area (Å²) in [5.41, 5.74) is 4.52. The minimum atomic E-state index is -0.628. The second kappa shape index (κ2) is 19.7. The smallest absolute Gasteiger partial charge is 0.254 e. The van der Waals surface area contributed by atoms with E-state index >= 15 is 8.78 Å². The second-order valence-electron chi connectivity index (χ2n) is 17.4. The van der Waals surface area contributed by atoms with Crippen molar-refractivity contribution in [1.82, 2.24) is 39.5 Å². The first-order valence-corrected chi connectivity index (χ1v) is 22.8. The number of nitrogens with one attached hydrogen (secondary N) is 2. The number of halogens is 6. The molecule has 2 amide bonds. The van der Waals surface area contributed by atoms with Crippen LogP contribution in [0.1, 0.15) is 32.4 Å². The van der Waals surface area contributed by atoms with Gasteiger partial charge in [0.15, 0.2) is 0 Å². The van der Waals surface area contributed by atoms with Crippen LogP contribution in [0.2, 0.25) is 0 Å². The van der Waals surface area contributed by atoms with E-state index in [0.29, 0.717) is 139 Å². The fourth-order valence-corrected chi connectivity index (χ4v) is 9.12. The number of H-pyrrole nitrogens is 2. The number of amides is 2. The molecule has 4 heterocycles. The standard InChI is InChI=1S/C54H44F6N8O2/c55-41-12-10-33(11-13-41)53(69)67-18-14-65(15-19-67)31-47-61-49(34-4-1-7-42(56)24-34)51(63-47)39-22-37(27-45(59)29-39)38-23-40(30-46(60)28-38)52-50(35-5-2-8-43(57)25-35)62-48(64-52)32-66-16-20-68(21-17-66)54(70)36-6-3-9-44(58)26-36/h1-13,22-30H,14-21,31-32H2,(H,61,63)(H,62,64). The Morgan fingerprint density at radius 1 is 0.400 bits per heavy atom. The first-order valence-electron chi connectivity index (χ1n) is 22.8. The van der Waals surface area contributed by atoms with Crippen molar-refractivity contribution in [2.45, 2.75) is 13.1 Å². The van der Waals surface area contributed by atoms with Crippen molar-refractivity contribution < 1.29 is 35.9 Å². The van der Waals surface area contributed by atoms with Crippen molar-refractivity contribution >= 4 is 11.8 Å². The Bertz CT molecular complexity index is 3230. The Kier molecular flexibility index (Phi) is 12.9. The van der Waals surface area contributed by atoms with Gasteiger partial charge in [-0.25, -0.2) is 36.3 Å². The lowest BCUT2D eigenvalue weighted by atomic mass is 9.96. The van der Waals surface area contributed by atoms with Crippen molar-refractivity contribution in [2.75, 3.05) is 52.4 Å². The lowest BCUT2D eigenvalue weighted by Gasteiger charge is -2.34. The molecule has 0 radical (unpaired) electrons. The van der Waals surface area contributed by atoms with Crippen molar-refractivity contribution in [3.63, 3.8) is 0 Å². The zero-order chi connectivity index (χ0) is 48.5. The third-order valence-electron chi connectivity index (χ3n) is 12.6. The van der Waals surface area contributed by atoms with Gasteiger partial charge in [-0.15, -0.1) is 0 Å². The number of carbonyl (C=O) groups excluding carboxylic acids is 2. The van der Waals surface area contributed by atoms with Crippen LogP contribution >= 0.6 is 0 Å². The first kappa shape index (κ1) is 45.9. The fourth-order valence-electron chi connectivity index (χ4n) is 9.12. The average molecular weight is 951 g/mol. The SMILES string of the molecule is O=C(c1ccc(F)cc1)N1CCN(Cc2nc(-c3cc(F)cc(-c4cc(F)cc(-c5[nH]c(CN6CCN(C(=O)c7cccc(F)c7)CC6)nc5-c5cccc(F)c5)c4)c3)c(-c3cccc(F)c3)[nH]2)CC1. The third kappa shape index (κ3) is 10.1. The van der Waals surface area contributed by atoms with Crippen LogP contribution in [0.5, 0.6) is 0 Å². The molecule has 0 bridgehead atoms.